The molecule has 0 saturated carbocycles. The molecule has 24 heavy (non-hydrogen) atoms. The second-order valence-corrected chi connectivity index (χ2v) is 6.42. The lowest BCUT2D eigenvalue weighted by molar-refractivity contribution is 0.175. The van der Waals surface area contributed by atoms with Crippen molar-refractivity contribution < 1.29 is 10.2 Å². The van der Waals surface area contributed by atoms with Gasteiger partial charge in [-0.25, -0.2) is 0 Å². The second-order valence-electron chi connectivity index (χ2n) is 6.42. The molecule has 1 aliphatic rings. The van der Waals surface area contributed by atoms with Gasteiger partial charge in [-0.1, -0.05) is 60.7 Å². The molecule has 1 aliphatic carbocycles. The van der Waals surface area contributed by atoms with Gasteiger partial charge in [0.1, 0.15) is 12.2 Å². The first kappa shape index (κ1) is 13.7. The van der Waals surface area contributed by atoms with Gasteiger partial charge in [-0.05, 0) is 55.9 Å². The van der Waals surface area contributed by atoms with Crippen LogP contribution in [0.15, 0.2) is 72.8 Å². The zero-order valence-electron chi connectivity index (χ0n) is 13.0. The van der Waals surface area contributed by atoms with E-state index in [4.69, 9.17) is 0 Å². The van der Waals surface area contributed by atoms with E-state index in [9.17, 15) is 10.2 Å². The van der Waals surface area contributed by atoms with Crippen molar-refractivity contribution in [2.75, 3.05) is 0 Å². The monoisotopic (exact) mass is 312 g/mol. The Morgan fingerprint density at radius 1 is 0.542 bits per heavy atom. The Labute approximate surface area is 139 Å². The molecule has 0 saturated heterocycles. The Morgan fingerprint density at radius 3 is 1.83 bits per heavy atom. The van der Waals surface area contributed by atoms with Crippen molar-refractivity contribution in [2.24, 2.45) is 0 Å². The Balaban J connectivity index is 1.85. The average Bonchev–Trinajstić information content (AvgIpc) is 2.64. The van der Waals surface area contributed by atoms with Crippen molar-refractivity contribution in [3.05, 3.63) is 95.1 Å². The summed E-state index contributed by atoms with van der Waals surface area (Å²) in [6.07, 6.45) is -1.44. The second kappa shape index (κ2) is 4.91. The van der Waals surface area contributed by atoms with Gasteiger partial charge in [0.2, 0.25) is 0 Å². The quantitative estimate of drug-likeness (QED) is 0.503. The summed E-state index contributed by atoms with van der Waals surface area (Å²) >= 11 is 0. The van der Waals surface area contributed by atoms with Crippen LogP contribution in [-0.2, 0) is 0 Å². The minimum absolute atomic E-state index is 0.715. The molecule has 0 spiro atoms. The van der Waals surface area contributed by atoms with Crippen LogP contribution in [0, 0.1) is 0 Å². The maximum absolute atomic E-state index is 11.1. The lowest BCUT2D eigenvalue weighted by Gasteiger charge is -2.30. The summed E-state index contributed by atoms with van der Waals surface area (Å²) in [5.74, 6) is 0. The fraction of sp³-hybridized carbons (Fsp3) is 0.0909. The number of rotatable bonds is 0. The lowest BCUT2D eigenvalue weighted by atomic mass is 9.79. The van der Waals surface area contributed by atoms with Gasteiger partial charge in [0.15, 0.2) is 0 Å². The molecule has 0 heterocycles. The largest absolute Gasteiger partial charge is 0.384 e. The molecule has 2 nitrogen and oxygen atoms in total. The molecule has 4 aromatic carbocycles. The van der Waals surface area contributed by atoms with Crippen LogP contribution < -0.4 is 0 Å². The standard InChI is InChI=1S/C22H16O2/c23-21-17-10-9-13-5-3-4-8-16(13)20(17)22(24)19-12-15-7-2-1-6-14(15)11-18(19)21/h1-12,21-24H. The van der Waals surface area contributed by atoms with Gasteiger partial charge in [-0.15, -0.1) is 0 Å². The summed E-state index contributed by atoms with van der Waals surface area (Å²) in [4.78, 5) is 0. The zero-order chi connectivity index (χ0) is 16.3. The molecule has 0 bridgehead atoms. The number of benzene rings is 4. The van der Waals surface area contributed by atoms with Crippen LogP contribution in [0.25, 0.3) is 21.5 Å². The number of aliphatic hydroxyl groups excluding tert-OH is 2. The van der Waals surface area contributed by atoms with Crippen molar-refractivity contribution in [2.45, 2.75) is 12.2 Å². The summed E-state index contributed by atoms with van der Waals surface area (Å²) in [6.45, 7) is 0. The SMILES string of the molecule is OC1c2cc3ccccc3cc2C(O)c2c1ccc1ccccc21. The summed E-state index contributed by atoms with van der Waals surface area (Å²) in [7, 11) is 0. The van der Waals surface area contributed by atoms with Gasteiger partial charge in [-0.3, -0.25) is 0 Å². The highest BCUT2D eigenvalue weighted by Crippen LogP contribution is 2.45. The molecule has 4 aromatic rings. The van der Waals surface area contributed by atoms with Gasteiger partial charge < -0.3 is 10.2 Å². The third-order valence-electron chi connectivity index (χ3n) is 5.11. The first-order chi connectivity index (χ1) is 11.7. The van der Waals surface area contributed by atoms with E-state index in [0.29, 0.717) is 0 Å². The fourth-order valence-corrected chi connectivity index (χ4v) is 3.93. The van der Waals surface area contributed by atoms with Crippen molar-refractivity contribution in [3.63, 3.8) is 0 Å². The van der Waals surface area contributed by atoms with E-state index < -0.39 is 12.2 Å². The Kier molecular flexibility index (Phi) is 2.81. The molecule has 0 aromatic heterocycles. The normalized spacial score (nSPS) is 19.2. The van der Waals surface area contributed by atoms with Crippen molar-refractivity contribution in [1.29, 1.82) is 0 Å². The van der Waals surface area contributed by atoms with E-state index >= 15 is 0 Å². The molecule has 0 aliphatic heterocycles. The summed E-state index contributed by atoms with van der Waals surface area (Å²) < 4.78 is 0. The number of hydrogen-bond acceptors (Lipinski definition) is 2. The Hall–Kier alpha value is -2.68. The molecule has 2 atom stereocenters. The van der Waals surface area contributed by atoms with E-state index in [-0.39, 0.29) is 0 Å². The van der Waals surface area contributed by atoms with Crippen molar-refractivity contribution in [3.8, 4) is 0 Å². The van der Waals surface area contributed by atoms with Crippen LogP contribution in [-0.4, -0.2) is 10.2 Å². The predicted molar refractivity (Wildman–Crippen MR) is 96.0 cm³/mol. The van der Waals surface area contributed by atoms with Gasteiger partial charge in [-0.2, -0.15) is 0 Å². The van der Waals surface area contributed by atoms with Gasteiger partial charge >= 0.3 is 0 Å². The molecule has 5 rings (SSSR count). The number of aliphatic hydroxyl groups is 2. The Morgan fingerprint density at radius 2 is 1.12 bits per heavy atom. The summed E-state index contributed by atoms with van der Waals surface area (Å²) in [5, 5.41) is 26.2. The minimum atomic E-state index is -0.728. The van der Waals surface area contributed by atoms with Crippen LogP contribution in [0.4, 0.5) is 0 Å². The molecular formula is C22H16O2. The predicted octanol–water partition coefficient (Wildman–Crippen LogP) is 4.47. The Bertz CT molecular complexity index is 1090. The van der Waals surface area contributed by atoms with Crippen LogP contribution >= 0.6 is 0 Å². The number of hydrogen-bond donors (Lipinski definition) is 2. The summed E-state index contributed by atoms with van der Waals surface area (Å²) in [6, 6.07) is 24.0. The molecule has 0 fully saturated rings. The molecule has 2 N–H and O–H groups in total. The lowest BCUT2D eigenvalue weighted by Crippen LogP contribution is -2.18. The highest BCUT2D eigenvalue weighted by Gasteiger charge is 2.31. The van der Waals surface area contributed by atoms with Crippen LogP contribution in [0.1, 0.15) is 34.5 Å². The minimum Gasteiger partial charge on any atom is -0.384 e. The van der Waals surface area contributed by atoms with E-state index in [1.807, 2.05) is 72.8 Å². The van der Waals surface area contributed by atoms with Gasteiger partial charge in [0, 0.05) is 0 Å². The highest BCUT2D eigenvalue weighted by molar-refractivity contribution is 5.90. The first-order valence-corrected chi connectivity index (χ1v) is 8.14. The third-order valence-corrected chi connectivity index (χ3v) is 5.11. The smallest absolute Gasteiger partial charge is 0.105 e. The van der Waals surface area contributed by atoms with Crippen LogP contribution in [0.2, 0.25) is 0 Å². The summed E-state index contributed by atoms with van der Waals surface area (Å²) in [5.41, 5.74) is 3.21. The molecule has 0 amide bonds. The van der Waals surface area contributed by atoms with E-state index in [2.05, 4.69) is 0 Å². The molecule has 2 heteroatoms. The van der Waals surface area contributed by atoms with Crippen molar-refractivity contribution in [1.82, 2.24) is 0 Å². The number of fused-ring (bicyclic) bond motifs is 5. The molecular weight excluding hydrogens is 296 g/mol. The average molecular weight is 312 g/mol. The van der Waals surface area contributed by atoms with E-state index in [0.717, 1.165) is 43.8 Å². The first-order valence-electron chi connectivity index (χ1n) is 8.14. The topological polar surface area (TPSA) is 40.5 Å². The molecule has 2 unspecified atom stereocenters. The van der Waals surface area contributed by atoms with Crippen LogP contribution in [0.5, 0.6) is 0 Å². The van der Waals surface area contributed by atoms with Crippen LogP contribution in [0.3, 0.4) is 0 Å². The maximum atomic E-state index is 11.1. The van der Waals surface area contributed by atoms with E-state index in [1.54, 1.807) is 0 Å². The third kappa shape index (κ3) is 1.78. The van der Waals surface area contributed by atoms with Gasteiger partial charge in [0.25, 0.3) is 0 Å². The maximum Gasteiger partial charge on any atom is 0.105 e. The fourth-order valence-electron chi connectivity index (χ4n) is 3.93. The van der Waals surface area contributed by atoms with E-state index in [1.165, 1.54) is 0 Å². The van der Waals surface area contributed by atoms with Gasteiger partial charge in [0.05, 0.1) is 0 Å². The zero-order valence-corrected chi connectivity index (χ0v) is 13.0. The highest BCUT2D eigenvalue weighted by atomic mass is 16.3. The van der Waals surface area contributed by atoms with Crippen molar-refractivity contribution >= 4 is 21.5 Å². The molecule has 0 radical (unpaired) electrons. The molecule has 116 valence electrons.